The minimum absolute atomic E-state index is 0.104. The van der Waals surface area contributed by atoms with E-state index in [1.165, 1.54) is 12.7 Å². The number of hydrogen-bond acceptors (Lipinski definition) is 5. The summed E-state index contributed by atoms with van der Waals surface area (Å²) >= 11 is 0. The van der Waals surface area contributed by atoms with Crippen LogP contribution in [0.2, 0.25) is 0 Å². The van der Waals surface area contributed by atoms with Gasteiger partial charge in [0.15, 0.2) is 0 Å². The van der Waals surface area contributed by atoms with Crippen molar-refractivity contribution in [3.05, 3.63) is 89.5 Å². The Hall–Kier alpha value is -4.00. The monoisotopic (exact) mass is 486 g/mol. The van der Waals surface area contributed by atoms with Crippen LogP contribution in [0.1, 0.15) is 66.2 Å². The normalized spacial score (nSPS) is 18.6. The molecule has 2 N–H and O–H groups in total. The van der Waals surface area contributed by atoms with Crippen LogP contribution in [0.4, 0.5) is 0 Å². The maximum atomic E-state index is 13.6. The van der Waals surface area contributed by atoms with E-state index in [1.54, 1.807) is 49.6 Å². The highest BCUT2D eigenvalue weighted by Crippen LogP contribution is 2.46. The second-order valence-electron chi connectivity index (χ2n) is 9.37. The minimum atomic E-state index is -0.401. The Bertz CT molecular complexity index is 1240. The van der Waals surface area contributed by atoms with E-state index in [1.807, 2.05) is 24.3 Å². The van der Waals surface area contributed by atoms with Crippen LogP contribution >= 0.6 is 0 Å². The van der Waals surface area contributed by atoms with Crippen molar-refractivity contribution in [2.45, 2.75) is 50.2 Å². The molecule has 1 saturated carbocycles. The zero-order valence-electron chi connectivity index (χ0n) is 20.3. The quantitative estimate of drug-likeness (QED) is 0.455. The molecule has 36 heavy (non-hydrogen) atoms. The van der Waals surface area contributed by atoms with Crippen molar-refractivity contribution in [2.24, 2.45) is 0 Å². The van der Waals surface area contributed by atoms with Gasteiger partial charge in [0, 0.05) is 23.6 Å². The summed E-state index contributed by atoms with van der Waals surface area (Å²) in [6.07, 6.45) is 9.13. The molecular weight excluding hydrogens is 456 g/mol. The molecule has 1 atom stereocenters. The summed E-state index contributed by atoms with van der Waals surface area (Å²) in [4.78, 5) is 26.6. The molecule has 1 spiro atoms. The van der Waals surface area contributed by atoms with E-state index in [0.29, 0.717) is 23.5 Å². The number of para-hydroxylation sites is 1. The van der Waals surface area contributed by atoms with Crippen LogP contribution in [0, 0.1) is 0 Å². The minimum Gasteiger partial charge on any atom is -0.497 e. The van der Waals surface area contributed by atoms with E-state index in [-0.39, 0.29) is 23.2 Å². The van der Waals surface area contributed by atoms with Gasteiger partial charge in [-0.05, 0) is 68.1 Å². The van der Waals surface area contributed by atoms with Crippen LogP contribution in [0.3, 0.4) is 0 Å². The van der Waals surface area contributed by atoms with Crippen molar-refractivity contribution in [3.63, 3.8) is 0 Å². The molecule has 186 valence electrons. The molecule has 1 aromatic heterocycles. The van der Waals surface area contributed by atoms with Crippen molar-refractivity contribution in [3.8, 4) is 11.5 Å². The molecule has 7 nitrogen and oxygen atoms in total. The topological polar surface area (TPSA) is 89.8 Å². The van der Waals surface area contributed by atoms with Gasteiger partial charge in [0.25, 0.3) is 11.8 Å². The Morgan fingerprint density at radius 1 is 1.00 bits per heavy atom. The van der Waals surface area contributed by atoms with Gasteiger partial charge in [0.05, 0.1) is 19.4 Å². The van der Waals surface area contributed by atoms with Gasteiger partial charge >= 0.3 is 0 Å². The molecule has 0 bridgehead atoms. The molecule has 1 fully saturated rings. The fourth-order valence-electron chi connectivity index (χ4n) is 5.10. The molecule has 2 heterocycles. The molecule has 1 aliphatic carbocycles. The lowest BCUT2D eigenvalue weighted by Crippen LogP contribution is -2.47. The van der Waals surface area contributed by atoms with Crippen LogP contribution in [-0.2, 0) is 4.79 Å². The highest BCUT2D eigenvalue weighted by molar-refractivity contribution is 6.05. The summed E-state index contributed by atoms with van der Waals surface area (Å²) in [7, 11) is 1.56. The fraction of sp³-hybridized carbons (Fsp3) is 0.310. The maximum absolute atomic E-state index is 13.6. The molecule has 7 heteroatoms. The standard InChI is InChI=1S/C29H30N2O5/c1-34-21-13-11-20(12-14-21)27(32)30-24(18-22-8-7-17-35-22)28(33)31-25-19-29(15-5-2-6-16-29)36-26-10-4-3-9-23(25)26/h3-4,7-14,17-18,25H,2,5-6,15-16,19H2,1H3,(H,30,32)(H,31,33)/b24-18-/t25-/m0/s1. The molecule has 1 aliphatic heterocycles. The zero-order chi connectivity index (χ0) is 25.0. The smallest absolute Gasteiger partial charge is 0.268 e. The van der Waals surface area contributed by atoms with Crippen LogP contribution in [0.25, 0.3) is 6.08 Å². The van der Waals surface area contributed by atoms with Crippen molar-refractivity contribution in [1.29, 1.82) is 0 Å². The first kappa shape index (κ1) is 23.7. The first-order valence-electron chi connectivity index (χ1n) is 12.3. The molecule has 2 aliphatic rings. The number of carbonyl (C=O) groups is 2. The summed E-state index contributed by atoms with van der Waals surface area (Å²) in [6.45, 7) is 0. The molecule has 5 rings (SSSR count). The summed E-state index contributed by atoms with van der Waals surface area (Å²) < 4.78 is 17.1. The number of amides is 2. The van der Waals surface area contributed by atoms with E-state index in [0.717, 1.165) is 37.0 Å². The Balaban J connectivity index is 1.40. The number of benzene rings is 2. The number of rotatable bonds is 6. The van der Waals surface area contributed by atoms with Gasteiger partial charge in [-0.2, -0.15) is 0 Å². The lowest BCUT2D eigenvalue weighted by atomic mass is 9.77. The van der Waals surface area contributed by atoms with Gasteiger partial charge < -0.3 is 24.5 Å². The summed E-state index contributed by atoms with van der Waals surface area (Å²) in [5, 5.41) is 5.94. The summed E-state index contributed by atoms with van der Waals surface area (Å²) in [6, 6.07) is 17.8. The third-order valence-electron chi connectivity index (χ3n) is 6.94. The van der Waals surface area contributed by atoms with Crippen molar-refractivity contribution in [1.82, 2.24) is 10.6 Å². The van der Waals surface area contributed by atoms with Gasteiger partial charge in [0.2, 0.25) is 0 Å². The van der Waals surface area contributed by atoms with Crippen molar-refractivity contribution in [2.75, 3.05) is 7.11 Å². The Labute approximate surface area is 210 Å². The first-order chi connectivity index (χ1) is 17.5. The molecule has 2 amide bonds. The number of hydrogen-bond donors (Lipinski definition) is 2. The molecule has 0 unspecified atom stereocenters. The third-order valence-corrected chi connectivity index (χ3v) is 6.94. The van der Waals surface area contributed by atoms with E-state index in [4.69, 9.17) is 13.9 Å². The maximum Gasteiger partial charge on any atom is 0.268 e. The van der Waals surface area contributed by atoms with Gasteiger partial charge in [0.1, 0.15) is 28.6 Å². The molecular formula is C29H30N2O5. The Morgan fingerprint density at radius 2 is 1.78 bits per heavy atom. The van der Waals surface area contributed by atoms with Gasteiger partial charge in [-0.15, -0.1) is 0 Å². The SMILES string of the molecule is COc1ccc(C(=O)N/C(=C\c2ccco2)C(=O)N[C@H]2CC3(CCCCC3)Oc3ccccc32)cc1. The highest BCUT2D eigenvalue weighted by Gasteiger charge is 2.42. The lowest BCUT2D eigenvalue weighted by molar-refractivity contribution is -0.119. The number of nitrogens with one attached hydrogen (secondary N) is 2. The van der Waals surface area contributed by atoms with Crippen molar-refractivity contribution < 1.29 is 23.5 Å². The van der Waals surface area contributed by atoms with E-state index in [9.17, 15) is 9.59 Å². The largest absolute Gasteiger partial charge is 0.497 e. The number of ether oxygens (including phenoxy) is 2. The Morgan fingerprint density at radius 3 is 2.50 bits per heavy atom. The highest BCUT2D eigenvalue weighted by atomic mass is 16.5. The average molecular weight is 487 g/mol. The second-order valence-corrected chi connectivity index (χ2v) is 9.37. The number of methoxy groups -OCH3 is 1. The number of furan rings is 1. The Kier molecular flexibility index (Phi) is 6.80. The van der Waals surface area contributed by atoms with Crippen LogP contribution < -0.4 is 20.1 Å². The number of fused-ring (bicyclic) bond motifs is 1. The van der Waals surface area contributed by atoms with E-state index < -0.39 is 5.91 Å². The van der Waals surface area contributed by atoms with Gasteiger partial charge in [-0.25, -0.2) is 0 Å². The van der Waals surface area contributed by atoms with E-state index >= 15 is 0 Å². The van der Waals surface area contributed by atoms with Crippen LogP contribution in [-0.4, -0.2) is 24.5 Å². The van der Waals surface area contributed by atoms with Crippen LogP contribution in [0.15, 0.2) is 77.0 Å². The molecule has 3 aromatic rings. The predicted octanol–water partition coefficient (Wildman–Crippen LogP) is 5.40. The van der Waals surface area contributed by atoms with Gasteiger partial charge in [-0.3, -0.25) is 9.59 Å². The summed E-state index contributed by atoms with van der Waals surface area (Å²) in [5.74, 6) is 1.13. The van der Waals surface area contributed by atoms with E-state index in [2.05, 4.69) is 10.6 Å². The van der Waals surface area contributed by atoms with Crippen molar-refractivity contribution >= 4 is 17.9 Å². The lowest BCUT2D eigenvalue weighted by Gasteiger charge is -2.44. The second kappa shape index (κ2) is 10.3. The average Bonchev–Trinajstić information content (AvgIpc) is 3.42. The first-order valence-corrected chi connectivity index (χ1v) is 12.3. The van der Waals surface area contributed by atoms with Crippen LogP contribution in [0.5, 0.6) is 11.5 Å². The molecule has 2 aromatic carbocycles. The summed E-state index contributed by atoms with van der Waals surface area (Å²) in [5.41, 5.74) is 1.18. The number of carbonyl (C=O) groups excluding carboxylic acids is 2. The molecule has 0 saturated heterocycles. The predicted molar refractivity (Wildman–Crippen MR) is 136 cm³/mol. The fourth-order valence-corrected chi connectivity index (χ4v) is 5.10. The molecule has 0 radical (unpaired) electrons. The third kappa shape index (κ3) is 5.15. The zero-order valence-corrected chi connectivity index (χ0v) is 20.3. The van der Waals surface area contributed by atoms with Gasteiger partial charge in [-0.1, -0.05) is 24.6 Å².